The molecule has 0 aromatic carbocycles. The highest BCUT2D eigenvalue weighted by molar-refractivity contribution is 7.99. The van der Waals surface area contributed by atoms with Crippen molar-refractivity contribution >= 4 is 17.7 Å². The summed E-state index contributed by atoms with van der Waals surface area (Å²) in [5.74, 6) is -0.940. The van der Waals surface area contributed by atoms with Gasteiger partial charge in [-0.15, -0.1) is 5.10 Å². The molecule has 110 valence electrons. The average Bonchev–Trinajstić information content (AvgIpc) is 3.09. The second-order valence-corrected chi connectivity index (χ2v) is 6.94. The normalized spacial score (nSPS) is 27.8. The SMILES string of the molecule is O=C(O)C1CCCCC1Sc1nnnn1C1CCCC1. The van der Waals surface area contributed by atoms with Crippen LogP contribution in [0.2, 0.25) is 0 Å². The van der Waals surface area contributed by atoms with E-state index in [4.69, 9.17) is 0 Å². The van der Waals surface area contributed by atoms with Gasteiger partial charge < -0.3 is 5.11 Å². The Morgan fingerprint density at radius 3 is 2.60 bits per heavy atom. The summed E-state index contributed by atoms with van der Waals surface area (Å²) in [5, 5.41) is 22.3. The Morgan fingerprint density at radius 2 is 1.85 bits per heavy atom. The summed E-state index contributed by atoms with van der Waals surface area (Å²) in [6.07, 6.45) is 8.56. The molecule has 0 aliphatic heterocycles. The van der Waals surface area contributed by atoms with Gasteiger partial charge in [0, 0.05) is 5.25 Å². The third-order valence-electron chi connectivity index (χ3n) is 4.41. The molecule has 1 N–H and O–H groups in total. The van der Waals surface area contributed by atoms with E-state index in [-0.39, 0.29) is 11.2 Å². The molecular formula is C13H20N4O2S. The van der Waals surface area contributed by atoms with Crippen molar-refractivity contribution in [1.82, 2.24) is 20.2 Å². The molecule has 6 nitrogen and oxygen atoms in total. The number of aromatic nitrogens is 4. The van der Waals surface area contributed by atoms with Gasteiger partial charge in [0.2, 0.25) is 5.16 Å². The number of aliphatic carboxylic acids is 1. The molecule has 1 aromatic heterocycles. The summed E-state index contributed by atoms with van der Waals surface area (Å²) in [6, 6.07) is 0.402. The number of tetrazole rings is 1. The van der Waals surface area contributed by atoms with Crippen molar-refractivity contribution in [2.24, 2.45) is 5.92 Å². The van der Waals surface area contributed by atoms with Gasteiger partial charge >= 0.3 is 5.97 Å². The molecule has 1 aromatic rings. The molecule has 0 spiro atoms. The first-order valence-corrected chi connectivity index (χ1v) is 8.31. The second kappa shape index (κ2) is 6.11. The van der Waals surface area contributed by atoms with Crippen molar-refractivity contribution in [3.05, 3.63) is 0 Å². The van der Waals surface area contributed by atoms with Crippen LogP contribution in [-0.4, -0.2) is 36.5 Å². The minimum absolute atomic E-state index is 0.104. The highest BCUT2D eigenvalue weighted by Crippen LogP contribution is 2.39. The Bertz CT molecular complexity index is 473. The van der Waals surface area contributed by atoms with E-state index in [2.05, 4.69) is 15.5 Å². The lowest BCUT2D eigenvalue weighted by Crippen LogP contribution is -2.29. The highest BCUT2D eigenvalue weighted by Gasteiger charge is 2.33. The first-order chi connectivity index (χ1) is 9.75. The standard InChI is InChI=1S/C13H20N4O2S/c18-12(19)10-7-3-4-8-11(10)20-13-14-15-16-17(13)9-5-1-2-6-9/h9-11H,1-8H2,(H,18,19). The topological polar surface area (TPSA) is 80.9 Å². The van der Waals surface area contributed by atoms with Gasteiger partial charge in [-0.3, -0.25) is 4.79 Å². The number of nitrogens with zero attached hydrogens (tertiary/aromatic N) is 4. The maximum Gasteiger partial charge on any atom is 0.307 e. The minimum atomic E-state index is -0.679. The number of carbonyl (C=O) groups is 1. The fourth-order valence-corrected chi connectivity index (χ4v) is 4.65. The fraction of sp³-hybridized carbons (Fsp3) is 0.846. The quantitative estimate of drug-likeness (QED) is 0.919. The molecule has 2 fully saturated rings. The summed E-state index contributed by atoms with van der Waals surface area (Å²) < 4.78 is 1.92. The third kappa shape index (κ3) is 2.82. The van der Waals surface area contributed by atoms with Crippen LogP contribution in [0.15, 0.2) is 5.16 Å². The molecule has 0 saturated heterocycles. The van der Waals surface area contributed by atoms with Crippen LogP contribution in [0.25, 0.3) is 0 Å². The molecule has 0 amide bonds. The number of rotatable bonds is 4. The van der Waals surface area contributed by atoms with Crippen LogP contribution in [-0.2, 0) is 4.79 Å². The van der Waals surface area contributed by atoms with Crippen LogP contribution < -0.4 is 0 Å². The Labute approximate surface area is 122 Å². The monoisotopic (exact) mass is 296 g/mol. The van der Waals surface area contributed by atoms with E-state index in [1.54, 1.807) is 11.8 Å². The number of hydrogen-bond acceptors (Lipinski definition) is 5. The largest absolute Gasteiger partial charge is 0.481 e. The zero-order chi connectivity index (χ0) is 13.9. The number of carboxylic acid groups (broad SMARTS) is 1. The number of carboxylic acids is 1. The summed E-state index contributed by atoms with van der Waals surface area (Å²) in [4.78, 5) is 11.4. The number of hydrogen-bond donors (Lipinski definition) is 1. The van der Waals surface area contributed by atoms with E-state index in [0.29, 0.717) is 6.04 Å². The lowest BCUT2D eigenvalue weighted by molar-refractivity contribution is -0.142. The zero-order valence-electron chi connectivity index (χ0n) is 11.4. The van der Waals surface area contributed by atoms with Crippen molar-refractivity contribution in [3.8, 4) is 0 Å². The van der Waals surface area contributed by atoms with Crippen LogP contribution in [0, 0.1) is 5.92 Å². The van der Waals surface area contributed by atoms with Crippen molar-refractivity contribution in [3.63, 3.8) is 0 Å². The van der Waals surface area contributed by atoms with Gasteiger partial charge in [-0.05, 0) is 36.1 Å². The van der Waals surface area contributed by atoms with Crippen LogP contribution in [0.1, 0.15) is 57.4 Å². The van der Waals surface area contributed by atoms with Gasteiger partial charge in [0.1, 0.15) is 0 Å². The van der Waals surface area contributed by atoms with E-state index < -0.39 is 5.97 Å². The first-order valence-electron chi connectivity index (χ1n) is 7.43. The predicted molar refractivity (Wildman–Crippen MR) is 74.6 cm³/mol. The lowest BCUT2D eigenvalue weighted by Gasteiger charge is -2.27. The van der Waals surface area contributed by atoms with Gasteiger partial charge in [0.25, 0.3) is 0 Å². The molecule has 2 aliphatic carbocycles. The van der Waals surface area contributed by atoms with E-state index >= 15 is 0 Å². The summed E-state index contributed by atoms with van der Waals surface area (Å²) in [7, 11) is 0. The third-order valence-corrected chi connectivity index (χ3v) is 5.76. The average molecular weight is 296 g/mol. The molecule has 0 radical (unpaired) electrons. The Kier molecular flexibility index (Phi) is 4.24. The fourth-order valence-electron chi connectivity index (χ4n) is 3.30. The maximum absolute atomic E-state index is 11.4. The molecule has 7 heteroatoms. The van der Waals surface area contributed by atoms with Gasteiger partial charge in [-0.25, -0.2) is 4.68 Å². The van der Waals surface area contributed by atoms with Gasteiger partial charge in [0.05, 0.1) is 12.0 Å². The molecule has 2 aliphatic rings. The van der Waals surface area contributed by atoms with Crippen molar-refractivity contribution < 1.29 is 9.90 Å². The molecule has 1 heterocycles. The van der Waals surface area contributed by atoms with Crippen LogP contribution in [0.3, 0.4) is 0 Å². The molecule has 3 rings (SSSR count). The van der Waals surface area contributed by atoms with E-state index in [0.717, 1.165) is 43.7 Å². The molecule has 2 atom stereocenters. The van der Waals surface area contributed by atoms with E-state index in [1.165, 1.54) is 12.8 Å². The van der Waals surface area contributed by atoms with Crippen LogP contribution in [0.4, 0.5) is 0 Å². The van der Waals surface area contributed by atoms with Crippen LogP contribution >= 0.6 is 11.8 Å². The number of thioether (sulfide) groups is 1. The van der Waals surface area contributed by atoms with Gasteiger partial charge in [-0.2, -0.15) is 0 Å². The van der Waals surface area contributed by atoms with E-state index in [9.17, 15) is 9.90 Å². The van der Waals surface area contributed by atoms with Gasteiger partial charge in [-0.1, -0.05) is 37.4 Å². The maximum atomic E-state index is 11.4. The summed E-state index contributed by atoms with van der Waals surface area (Å²) in [5.41, 5.74) is 0. The molecule has 2 saturated carbocycles. The Hall–Kier alpha value is -1.11. The Balaban J connectivity index is 1.73. The molecule has 0 bridgehead atoms. The Morgan fingerprint density at radius 1 is 1.15 bits per heavy atom. The minimum Gasteiger partial charge on any atom is -0.481 e. The molecule has 2 unspecified atom stereocenters. The zero-order valence-corrected chi connectivity index (χ0v) is 12.3. The van der Waals surface area contributed by atoms with Crippen molar-refractivity contribution in [2.45, 2.75) is 67.8 Å². The molecular weight excluding hydrogens is 276 g/mol. The highest BCUT2D eigenvalue weighted by atomic mass is 32.2. The van der Waals surface area contributed by atoms with E-state index in [1.807, 2.05) is 4.68 Å². The second-order valence-electron chi connectivity index (χ2n) is 5.73. The summed E-state index contributed by atoms with van der Waals surface area (Å²) in [6.45, 7) is 0. The van der Waals surface area contributed by atoms with Crippen molar-refractivity contribution in [1.29, 1.82) is 0 Å². The predicted octanol–water partition coefficient (Wildman–Crippen LogP) is 2.52. The lowest BCUT2D eigenvalue weighted by atomic mass is 9.89. The van der Waals surface area contributed by atoms with Crippen molar-refractivity contribution in [2.75, 3.05) is 0 Å². The van der Waals surface area contributed by atoms with Gasteiger partial charge in [0.15, 0.2) is 0 Å². The van der Waals surface area contributed by atoms with Crippen LogP contribution in [0.5, 0.6) is 0 Å². The summed E-state index contributed by atoms with van der Waals surface area (Å²) >= 11 is 1.57. The molecule has 20 heavy (non-hydrogen) atoms. The first kappa shape index (κ1) is 13.9. The smallest absolute Gasteiger partial charge is 0.307 e.